The molecule has 0 saturated carbocycles. The van der Waals surface area contributed by atoms with Crippen molar-refractivity contribution in [3.63, 3.8) is 0 Å². The van der Waals surface area contributed by atoms with Crippen molar-refractivity contribution in [1.29, 1.82) is 0 Å². The van der Waals surface area contributed by atoms with E-state index >= 15 is 0 Å². The van der Waals surface area contributed by atoms with Crippen LogP contribution in [0.15, 0.2) is 70.2 Å². The van der Waals surface area contributed by atoms with Gasteiger partial charge in [0, 0.05) is 23.5 Å². The number of aromatic amines is 1. The second-order valence-electron chi connectivity index (χ2n) is 4.30. The quantitative estimate of drug-likeness (QED) is 0.777. The fourth-order valence-corrected chi connectivity index (χ4v) is 2.67. The molecule has 0 atom stereocenters. The first-order valence-corrected chi connectivity index (χ1v) is 6.94. The summed E-state index contributed by atoms with van der Waals surface area (Å²) < 4.78 is 0.520. The van der Waals surface area contributed by atoms with Gasteiger partial charge in [-0.2, -0.15) is 0 Å². The lowest BCUT2D eigenvalue weighted by atomic mass is 9.99. The first-order chi connectivity index (χ1) is 9.77. The van der Waals surface area contributed by atoms with Gasteiger partial charge >= 0.3 is 0 Å². The van der Waals surface area contributed by atoms with Crippen molar-refractivity contribution in [1.82, 2.24) is 9.97 Å². The maximum atomic E-state index is 11.9. The van der Waals surface area contributed by atoms with Crippen LogP contribution in [0, 0.1) is 0 Å². The monoisotopic (exact) mass is 326 g/mol. The van der Waals surface area contributed by atoms with Gasteiger partial charge in [-0.15, -0.1) is 0 Å². The average Bonchev–Trinajstić information content (AvgIpc) is 2.51. The summed E-state index contributed by atoms with van der Waals surface area (Å²) in [5.74, 6) is 0. The highest BCUT2D eigenvalue weighted by molar-refractivity contribution is 9.10. The van der Waals surface area contributed by atoms with Crippen LogP contribution in [0.1, 0.15) is 0 Å². The maximum absolute atomic E-state index is 11.9. The minimum absolute atomic E-state index is 0.150. The Morgan fingerprint density at radius 3 is 2.45 bits per heavy atom. The molecule has 20 heavy (non-hydrogen) atoms. The van der Waals surface area contributed by atoms with Gasteiger partial charge in [0.15, 0.2) is 0 Å². The molecule has 0 aliphatic carbocycles. The molecule has 0 fully saturated rings. The largest absolute Gasteiger partial charge is 0.327 e. The van der Waals surface area contributed by atoms with Crippen LogP contribution in [0.2, 0.25) is 0 Å². The SMILES string of the molecule is O=c1[nH]cc(-c2ccccn2)c(-c2ccccc2)c1Br. The fraction of sp³-hybridized carbons (Fsp3) is 0. The van der Waals surface area contributed by atoms with Crippen LogP contribution in [0.3, 0.4) is 0 Å². The van der Waals surface area contributed by atoms with Gasteiger partial charge in [0.1, 0.15) is 0 Å². The zero-order chi connectivity index (χ0) is 13.9. The Balaban J connectivity index is 2.32. The summed E-state index contributed by atoms with van der Waals surface area (Å²) in [5.41, 5.74) is 3.40. The van der Waals surface area contributed by atoms with E-state index in [9.17, 15) is 4.79 Å². The van der Waals surface area contributed by atoms with Gasteiger partial charge in [-0.05, 0) is 33.6 Å². The molecule has 0 bridgehead atoms. The van der Waals surface area contributed by atoms with Crippen LogP contribution in [0.25, 0.3) is 22.4 Å². The van der Waals surface area contributed by atoms with E-state index < -0.39 is 0 Å². The summed E-state index contributed by atoms with van der Waals surface area (Å²) in [6.45, 7) is 0. The molecule has 0 aliphatic rings. The molecule has 0 spiro atoms. The van der Waals surface area contributed by atoms with E-state index in [1.165, 1.54) is 0 Å². The number of hydrogen-bond acceptors (Lipinski definition) is 2. The summed E-state index contributed by atoms with van der Waals surface area (Å²) in [6.07, 6.45) is 3.45. The molecule has 3 nitrogen and oxygen atoms in total. The number of hydrogen-bond donors (Lipinski definition) is 1. The van der Waals surface area contributed by atoms with Crippen LogP contribution in [0.4, 0.5) is 0 Å². The highest BCUT2D eigenvalue weighted by Gasteiger charge is 2.14. The average molecular weight is 327 g/mol. The van der Waals surface area contributed by atoms with Gasteiger partial charge in [-0.3, -0.25) is 9.78 Å². The van der Waals surface area contributed by atoms with Gasteiger partial charge in [0.05, 0.1) is 10.2 Å². The standard InChI is InChI=1S/C16H11BrN2O/c17-15-14(11-6-2-1-3-7-11)12(10-19-16(15)20)13-8-4-5-9-18-13/h1-10H,(H,19,20). The van der Waals surface area contributed by atoms with Crippen LogP contribution in [-0.4, -0.2) is 9.97 Å². The smallest absolute Gasteiger partial charge is 0.262 e. The molecular weight excluding hydrogens is 316 g/mol. The molecule has 3 aromatic rings. The zero-order valence-electron chi connectivity index (χ0n) is 10.5. The van der Waals surface area contributed by atoms with Crippen LogP contribution < -0.4 is 5.56 Å². The molecule has 4 heteroatoms. The van der Waals surface area contributed by atoms with Crippen molar-refractivity contribution in [2.24, 2.45) is 0 Å². The summed E-state index contributed by atoms with van der Waals surface area (Å²) in [4.78, 5) is 19.0. The maximum Gasteiger partial charge on any atom is 0.262 e. The lowest BCUT2D eigenvalue weighted by molar-refractivity contribution is 1.20. The highest BCUT2D eigenvalue weighted by atomic mass is 79.9. The van der Waals surface area contributed by atoms with E-state index in [1.807, 2.05) is 48.5 Å². The number of halogens is 1. The predicted octanol–water partition coefficient (Wildman–Crippen LogP) is 3.87. The normalized spacial score (nSPS) is 10.4. The van der Waals surface area contributed by atoms with E-state index in [2.05, 4.69) is 25.9 Å². The molecule has 0 radical (unpaired) electrons. The second kappa shape index (κ2) is 5.43. The Hall–Kier alpha value is -2.20. The van der Waals surface area contributed by atoms with E-state index in [-0.39, 0.29) is 5.56 Å². The van der Waals surface area contributed by atoms with Crippen molar-refractivity contribution in [3.05, 3.63) is 75.8 Å². The van der Waals surface area contributed by atoms with Gasteiger partial charge < -0.3 is 4.98 Å². The van der Waals surface area contributed by atoms with E-state index in [0.29, 0.717) is 4.47 Å². The number of aromatic nitrogens is 2. The molecule has 2 aromatic heterocycles. The summed E-state index contributed by atoms with van der Waals surface area (Å²) in [5, 5.41) is 0. The third-order valence-corrected chi connectivity index (χ3v) is 3.80. The van der Waals surface area contributed by atoms with Gasteiger partial charge in [0.2, 0.25) is 0 Å². The number of nitrogens with one attached hydrogen (secondary N) is 1. The minimum Gasteiger partial charge on any atom is -0.327 e. The zero-order valence-corrected chi connectivity index (χ0v) is 12.1. The third-order valence-electron chi connectivity index (χ3n) is 3.04. The molecule has 0 amide bonds. The third kappa shape index (κ3) is 2.30. The highest BCUT2D eigenvalue weighted by Crippen LogP contribution is 2.34. The number of pyridine rings is 2. The van der Waals surface area contributed by atoms with Gasteiger partial charge in [-0.25, -0.2) is 0 Å². The van der Waals surface area contributed by atoms with Crippen LogP contribution in [0.5, 0.6) is 0 Å². The molecule has 2 heterocycles. The van der Waals surface area contributed by atoms with Crippen molar-refractivity contribution in [3.8, 4) is 22.4 Å². The molecule has 1 N–H and O–H groups in total. The van der Waals surface area contributed by atoms with Gasteiger partial charge in [0.25, 0.3) is 5.56 Å². The molecule has 98 valence electrons. The Morgan fingerprint density at radius 2 is 1.75 bits per heavy atom. The molecule has 0 aliphatic heterocycles. The van der Waals surface area contributed by atoms with Crippen molar-refractivity contribution in [2.75, 3.05) is 0 Å². The number of nitrogens with zero attached hydrogens (tertiary/aromatic N) is 1. The Kier molecular flexibility index (Phi) is 3.48. The van der Waals surface area contributed by atoms with Crippen LogP contribution >= 0.6 is 15.9 Å². The van der Waals surface area contributed by atoms with E-state index in [4.69, 9.17) is 0 Å². The number of rotatable bonds is 2. The predicted molar refractivity (Wildman–Crippen MR) is 83.4 cm³/mol. The minimum atomic E-state index is -0.150. The first-order valence-electron chi connectivity index (χ1n) is 6.15. The first kappa shape index (κ1) is 12.8. The topological polar surface area (TPSA) is 45.8 Å². The summed E-state index contributed by atoms with van der Waals surface area (Å²) >= 11 is 3.39. The Labute approximate surface area is 124 Å². The van der Waals surface area contributed by atoms with Crippen molar-refractivity contribution >= 4 is 15.9 Å². The lowest BCUT2D eigenvalue weighted by Crippen LogP contribution is -2.08. The Morgan fingerprint density at radius 1 is 1.00 bits per heavy atom. The number of benzene rings is 1. The molecule has 3 rings (SSSR count). The summed E-state index contributed by atoms with van der Waals surface area (Å²) in [7, 11) is 0. The van der Waals surface area contributed by atoms with Crippen molar-refractivity contribution in [2.45, 2.75) is 0 Å². The fourth-order valence-electron chi connectivity index (χ4n) is 2.12. The van der Waals surface area contributed by atoms with Gasteiger partial charge in [-0.1, -0.05) is 36.4 Å². The second-order valence-corrected chi connectivity index (χ2v) is 5.09. The van der Waals surface area contributed by atoms with E-state index in [0.717, 1.165) is 22.4 Å². The lowest BCUT2D eigenvalue weighted by Gasteiger charge is -2.10. The molecule has 0 saturated heterocycles. The van der Waals surface area contributed by atoms with Crippen LogP contribution in [-0.2, 0) is 0 Å². The number of H-pyrrole nitrogens is 1. The molecular formula is C16H11BrN2O. The van der Waals surface area contributed by atoms with Crippen molar-refractivity contribution < 1.29 is 0 Å². The van der Waals surface area contributed by atoms with E-state index in [1.54, 1.807) is 12.4 Å². The Bertz CT molecular complexity index is 783. The summed E-state index contributed by atoms with van der Waals surface area (Å²) in [6, 6.07) is 15.5. The molecule has 0 unspecified atom stereocenters. The molecule has 1 aromatic carbocycles.